The molecule has 0 aromatic carbocycles. The number of thiazole rings is 1. The number of aromatic carboxylic acids is 1. The van der Waals surface area contributed by atoms with Crippen LogP contribution in [0.25, 0.3) is 0 Å². The maximum Gasteiger partial charge on any atom is 0.347 e. The molecule has 0 bridgehead atoms. The van der Waals surface area contributed by atoms with E-state index in [1.165, 1.54) is 11.8 Å². The summed E-state index contributed by atoms with van der Waals surface area (Å²) in [4.78, 5) is 15.2. The molecule has 0 aliphatic carbocycles. The van der Waals surface area contributed by atoms with Gasteiger partial charge in [0, 0.05) is 12.4 Å². The van der Waals surface area contributed by atoms with Gasteiger partial charge >= 0.3 is 5.97 Å². The van der Waals surface area contributed by atoms with Crippen molar-refractivity contribution in [3.05, 3.63) is 10.6 Å². The van der Waals surface area contributed by atoms with Crippen LogP contribution in [0.3, 0.4) is 0 Å². The lowest BCUT2D eigenvalue weighted by atomic mass is 10.4. The van der Waals surface area contributed by atoms with E-state index in [2.05, 4.69) is 4.98 Å². The van der Waals surface area contributed by atoms with Gasteiger partial charge in [0.15, 0.2) is 4.34 Å². The number of carboxylic acid groups (broad SMARTS) is 1. The quantitative estimate of drug-likeness (QED) is 0.738. The summed E-state index contributed by atoms with van der Waals surface area (Å²) in [7, 11) is 0. The molecule has 1 unspecified atom stereocenters. The Hall–Kier alpha value is -0.630. The van der Waals surface area contributed by atoms with Crippen LogP contribution in [0, 0.1) is 6.92 Å². The number of hydrogen-bond donors (Lipinski definition) is 2. The number of aliphatic hydroxyl groups is 1. The van der Waals surface area contributed by atoms with Gasteiger partial charge in [0.05, 0.1) is 18.4 Å². The largest absolute Gasteiger partial charge is 0.477 e. The molecule has 1 rings (SSSR count). The molecule has 0 amide bonds. The molecule has 1 heterocycles. The van der Waals surface area contributed by atoms with E-state index >= 15 is 0 Å². The molecule has 2 N–H and O–H groups in total. The van der Waals surface area contributed by atoms with Crippen LogP contribution in [0.1, 0.15) is 22.3 Å². The number of carboxylic acids is 1. The number of thioether (sulfide) groups is 1. The minimum Gasteiger partial charge on any atom is -0.477 e. The van der Waals surface area contributed by atoms with Crippen molar-refractivity contribution in [1.82, 2.24) is 4.98 Å². The highest BCUT2D eigenvalue weighted by atomic mass is 32.2. The molecule has 1 aromatic heterocycles. The summed E-state index contributed by atoms with van der Waals surface area (Å²) in [5.74, 6) is -0.506. The predicted molar refractivity (Wildman–Crippen MR) is 67.0 cm³/mol. The summed E-state index contributed by atoms with van der Waals surface area (Å²) in [6, 6.07) is 0. The molecule has 5 nitrogen and oxygen atoms in total. The van der Waals surface area contributed by atoms with Crippen LogP contribution in [0.15, 0.2) is 4.34 Å². The second kappa shape index (κ2) is 6.95. The van der Waals surface area contributed by atoms with Gasteiger partial charge in [-0.3, -0.25) is 0 Å². The van der Waals surface area contributed by atoms with Crippen molar-refractivity contribution in [2.75, 3.05) is 19.0 Å². The van der Waals surface area contributed by atoms with Crippen molar-refractivity contribution in [3.63, 3.8) is 0 Å². The zero-order chi connectivity index (χ0) is 12.8. The summed E-state index contributed by atoms with van der Waals surface area (Å²) in [5, 5.41) is 18.4. The summed E-state index contributed by atoms with van der Waals surface area (Å²) in [6.45, 7) is 4.39. The highest BCUT2D eigenvalue weighted by Crippen LogP contribution is 2.27. The molecule has 1 aromatic rings. The van der Waals surface area contributed by atoms with Crippen molar-refractivity contribution in [3.8, 4) is 0 Å². The average Bonchev–Trinajstić information content (AvgIpc) is 2.65. The Morgan fingerprint density at radius 3 is 2.88 bits per heavy atom. The first kappa shape index (κ1) is 14.4. The molecule has 0 saturated carbocycles. The van der Waals surface area contributed by atoms with Gasteiger partial charge in [0.25, 0.3) is 0 Å². The second-order valence-electron chi connectivity index (χ2n) is 3.32. The van der Waals surface area contributed by atoms with Gasteiger partial charge in [-0.1, -0.05) is 11.8 Å². The molecule has 0 spiro atoms. The Kier molecular flexibility index (Phi) is 5.90. The Labute approximate surface area is 108 Å². The highest BCUT2D eigenvalue weighted by molar-refractivity contribution is 8.01. The van der Waals surface area contributed by atoms with Crippen molar-refractivity contribution < 1.29 is 19.7 Å². The fourth-order valence-corrected chi connectivity index (χ4v) is 3.06. The Balaban J connectivity index is 2.47. The third-order valence-electron chi connectivity index (χ3n) is 1.88. The first-order valence-electron chi connectivity index (χ1n) is 5.14. The summed E-state index contributed by atoms with van der Waals surface area (Å²) >= 11 is 2.48. The third-order valence-corrected chi connectivity index (χ3v) is 4.32. The molecule has 0 fully saturated rings. The van der Waals surface area contributed by atoms with Crippen LogP contribution < -0.4 is 0 Å². The van der Waals surface area contributed by atoms with E-state index in [1.807, 2.05) is 6.92 Å². The lowest BCUT2D eigenvalue weighted by Gasteiger charge is -2.08. The number of nitrogens with zero attached hydrogens (tertiary/aromatic N) is 1. The van der Waals surface area contributed by atoms with Crippen molar-refractivity contribution in [1.29, 1.82) is 0 Å². The van der Waals surface area contributed by atoms with Crippen molar-refractivity contribution in [2.24, 2.45) is 0 Å². The maximum atomic E-state index is 10.8. The van der Waals surface area contributed by atoms with Gasteiger partial charge in [-0.25, -0.2) is 9.78 Å². The van der Waals surface area contributed by atoms with Crippen LogP contribution in [-0.4, -0.2) is 46.2 Å². The van der Waals surface area contributed by atoms with Gasteiger partial charge in [0.1, 0.15) is 4.88 Å². The lowest BCUT2D eigenvalue weighted by Crippen LogP contribution is -2.17. The average molecular weight is 277 g/mol. The first-order valence-corrected chi connectivity index (χ1v) is 6.94. The van der Waals surface area contributed by atoms with E-state index in [-0.39, 0.29) is 4.88 Å². The van der Waals surface area contributed by atoms with E-state index in [4.69, 9.17) is 9.84 Å². The number of rotatable bonds is 7. The topological polar surface area (TPSA) is 79.7 Å². The second-order valence-corrected chi connectivity index (χ2v) is 5.59. The molecule has 1 atom stereocenters. The molecule has 96 valence electrons. The van der Waals surface area contributed by atoms with Gasteiger partial charge in [-0.05, 0) is 13.8 Å². The smallest absolute Gasteiger partial charge is 0.347 e. The number of carbonyl (C=O) groups is 1. The molecule has 0 radical (unpaired) electrons. The minimum absolute atomic E-state index is 0.256. The van der Waals surface area contributed by atoms with Gasteiger partial charge in [-0.15, -0.1) is 11.3 Å². The molecular weight excluding hydrogens is 262 g/mol. The van der Waals surface area contributed by atoms with Crippen LogP contribution in [0.4, 0.5) is 0 Å². The Morgan fingerprint density at radius 1 is 1.65 bits per heavy atom. The van der Waals surface area contributed by atoms with Gasteiger partial charge in [-0.2, -0.15) is 0 Å². The lowest BCUT2D eigenvalue weighted by molar-refractivity contribution is 0.0551. The van der Waals surface area contributed by atoms with Crippen LogP contribution in [-0.2, 0) is 4.74 Å². The minimum atomic E-state index is -0.957. The zero-order valence-corrected chi connectivity index (χ0v) is 11.3. The standard InChI is InChI=1S/C10H15NO4S2/c1-3-15-4-7(12)5-16-10-11-6(2)8(17-10)9(13)14/h7,12H,3-5H2,1-2H3,(H,13,14). The number of aromatic nitrogens is 1. The van der Waals surface area contributed by atoms with Crippen molar-refractivity contribution >= 4 is 29.1 Å². The van der Waals surface area contributed by atoms with Crippen LogP contribution in [0.5, 0.6) is 0 Å². The SMILES string of the molecule is CCOCC(O)CSc1nc(C)c(C(=O)O)s1. The fourth-order valence-electron chi connectivity index (χ4n) is 1.10. The van der Waals surface area contributed by atoms with E-state index < -0.39 is 12.1 Å². The highest BCUT2D eigenvalue weighted by Gasteiger charge is 2.15. The number of aliphatic hydroxyl groups excluding tert-OH is 1. The maximum absolute atomic E-state index is 10.8. The van der Waals surface area contributed by atoms with E-state index in [0.29, 0.717) is 29.0 Å². The summed E-state index contributed by atoms with van der Waals surface area (Å²) < 4.78 is 5.74. The Morgan fingerprint density at radius 2 is 2.35 bits per heavy atom. The van der Waals surface area contributed by atoms with E-state index in [9.17, 15) is 9.90 Å². The molecule has 0 aliphatic rings. The Bertz CT molecular complexity index is 380. The zero-order valence-electron chi connectivity index (χ0n) is 9.67. The number of aryl methyl sites for hydroxylation is 1. The normalized spacial score (nSPS) is 12.6. The fraction of sp³-hybridized carbons (Fsp3) is 0.600. The van der Waals surface area contributed by atoms with Crippen LogP contribution >= 0.6 is 23.1 Å². The summed E-state index contributed by atoms with van der Waals surface area (Å²) in [5.41, 5.74) is 0.518. The first-order chi connectivity index (χ1) is 8.04. The number of hydrogen-bond acceptors (Lipinski definition) is 6. The molecule has 0 aliphatic heterocycles. The predicted octanol–water partition coefficient (Wildman–Crippen LogP) is 1.64. The monoisotopic (exact) mass is 277 g/mol. The van der Waals surface area contributed by atoms with E-state index in [1.54, 1.807) is 6.92 Å². The van der Waals surface area contributed by atoms with E-state index in [0.717, 1.165) is 11.3 Å². The molecule has 17 heavy (non-hydrogen) atoms. The van der Waals surface area contributed by atoms with Crippen molar-refractivity contribution in [2.45, 2.75) is 24.3 Å². The third kappa shape index (κ3) is 4.63. The van der Waals surface area contributed by atoms with Gasteiger partial charge in [0.2, 0.25) is 0 Å². The molecule has 0 saturated heterocycles. The summed E-state index contributed by atoms with van der Waals surface area (Å²) in [6.07, 6.45) is -0.558. The van der Waals surface area contributed by atoms with Gasteiger partial charge < -0.3 is 14.9 Å². The van der Waals surface area contributed by atoms with Crippen LogP contribution in [0.2, 0.25) is 0 Å². The molecular formula is C10H15NO4S2. The molecule has 7 heteroatoms. The number of ether oxygens (including phenoxy) is 1.